The molecule has 3 amide bonds. The van der Waals surface area contributed by atoms with Gasteiger partial charge in [0.1, 0.15) is 0 Å². The molecule has 1 aliphatic rings. The van der Waals surface area contributed by atoms with E-state index in [0.717, 1.165) is 29.5 Å². The van der Waals surface area contributed by atoms with Crippen LogP contribution in [-0.4, -0.2) is 29.0 Å². The second-order valence-corrected chi connectivity index (χ2v) is 8.11. The second kappa shape index (κ2) is 10.6. The van der Waals surface area contributed by atoms with E-state index >= 15 is 0 Å². The average molecular weight is 456 g/mol. The fourth-order valence-corrected chi connectivity index (χ4v) is 3.41. The van der Waals surface area contributed by atoms with Crippen LogP contribution in [0, 0.1) is 0 Å². The molecule has 0 unspecified atom stereocenters. The third-order valence-electron chi connectivity index (χ3n) is 5.50. The zero-order chi connectivity index (χ0) is 23.9. The molecule has 4 N–H and O–H groups in total. The Morgan fingerprint density at radius 1 is 0.794 bits per heavy atom. The lowest BCUT2D eigenvalue weighted by Gasteiger charge is -2.10. The molecule has 3 aromatic rings. The number of hydroxylamine groups is 1. The van der Waals surface area contributed by atoms with Crippen LogP contribution in [0.2, 0.25) is 0 Å². The molecular formula is C27H25N3O4. The van der Waals surface area contributed by atoms with Crippen molar-refractivity contribution >= 4 is 29.4 Å². The molecule has 4 rings (SSSR count). The van der Waals surface area contributed by atoms with E-state index in [4.69, 9.17) is 5.21 Å². The van der Waals surface area contributed by atoms with E-state index in [9.17, 15) is 14.4 Å². The highest BCUT2D eigenvalue weighted by atomic mass is 16.5. The standard InChI is InChI=1S/C27H25N3O4/c31-25(28-17-19-8-12-22(13-9-19)26(32)30-34)21-10-6-18(7-11-21)16-24(20-4-2-1-3-5-20)27(33)29-23-14-15-23/h1-13,16,23,34H,14-15,17H2,(H,28,31)(H,29,33)(H,30,32). The smallest absolute Gasteiger partial charge is 0.274 e. The van der Waals surface area contributed by atoms with Crippen molar-refractivity contribution in [2.24, 2.45) is 0 Å². The quantitative estimate of drug-likeness (QED) is 0.180. The largest absolute Gasteiger partial charge is 0.349 e. The zero-order valence-electron chi connectivity index (χ0n) is 18.5. The van der Waals surface area contributed by atoms with Crippen molar-refractivity contribution in [3.63, 3.8) is 0 Å². The Morgan fingerprint density at radius 3 is 2.03 bits per heavy atom. The maximum Gasteiger partial charge on any atom is 0.274 e. The van der Waals surface area contributed by atoms with E-state index in [1.54, 1.807) is 41.9 Å². The van der Waals surface area contributed by atoms with E-state index in [-0.39, 0.29) is 17.9 Å². The van der Waals surface area contributed by atoms with Gasteiger partial charge in [-0.15, -0.1) is 0 Å². The molecule has 0 atom stereocenters. The average Bonchev–Trinajstić information content (AvgIpc) is 3.70. The third kappa shape index (κ3) is 5.96. The highest BCUT2D eigenvalue weighted by Crippen LogP contribution is 2.23. The first-order chi connectivity index (χ1) is 16.5. The van der Waals surface area contributed by atoms with Crippen molar-refractivity contribution in [2.75, 3.05) is 0 Å². The molecule has 0 saturated heterocycles. The lowest BCUT2D eigenvalue weighted by atomic mass is 10.0. The first kappa shape index (κ1) is 22.9. The summed E-state index contributed by atoms with van der Waals surface area (Å²) in [6, 6.07) is 23.4. The summed E-state index contributed by atoms with van der Waals surface area (Å²) in [5, 5.41) is 14.6. The zero-order valence-corrected chi connectivity index (χ0v) is 18.5. The molecular weight excluding hydrogens is 430 g/mol. The van der Waals surface area contributed by atoms with Gasteiger partial charge in [-0.3, -0.25) is 19.6 Å². The van der Waals surface area contributed by atoms with Crippen LogP contribution in [-0.2, 0) is 11.3 Å². The van der Waals surface area contributed by atoms with Crippen LogP contribution < -0.4 is 16.1 Å². The minimum absolute atomic E-state index is 0.0991. The summed E-state index contributed by atoms with van der Waals surface area (Å²) in [5.41, 5.74) is 5.46. The Morgan fingerprint density at radius 2 is 1.41 bits per heavy atom. The molecule has 0 aliphatic heterocycles. The summed E-state index contributed by atoms with van der Waals surface area (Å²) in [5.74, 6) is -0.925. The van der Waals surface area contributed by atoms with Gasteiger partial charge in [0, 0.05) is 29.3 Å². The fourth-order valence-electron chi connectivity index (χ4n) is 3.41. The summed E-state index contributed by atoms with van der Waals surface area (Å²) in [7, 11) is 0. The van der Waals surface area contributed by atoms with E-state index < -0.39 is 5.91 Å². The summed E-state index contributed by atoms with van der Waals surface area (Å²) in [6.45, 7) is 0.293. The molecule has 0 heterocycles. The number of carbonyl (C=O) groups excluding carboxylic acids is 3. The molecule has 0 radical (unpaired) electrons. The Balaban J connectivity index is 1.42. The van der Waals surface area contributed by atoms with Crippen molar-refractivity contribution in [2.45, 2.75) is 25.4 Å². The van der Waals surface area contributed by atoms with Crippen molar-refractivity contribution in [1.82, 2.24) is 16.1 Å². The first-order valence-electron chi connectivity index (χ1n) is 11.0. The van der Waals surface area contributed by atoms with E-state index in [1.165, 1.54) is 0 Å². The Labute approximate surface area is 197 Å². The second-order valence-electron chi connectivity index (χ2n) is 8.11. The minimum atomic E-state index is -0.592. The van der Waals surface area contributed by atoms with Crippen LogP contribution in [0.1, 0.15) is 50.2 Å². The van der Waals surface area contributed by atoms with Crippen molar-refractivity contribution in [3.8, 4) is 0 Å². The van der Waals surface area contributed by atoms with Crippen LogP contribution in [0.15, 0.2) is 78.9 Å². The fraction of sp³-hybridized carbons (Fsp3) is 0.148. The topological polar surface area (TPSA) is 108 Å². The van der Waals surface area contributed by atoms with Gasteiger partial charge in [0.05, 0.1) is 0 Å². The van der Waals surface area contributed by atoms with Gasteiger partial charge in [0.25, 0.3) is 17.7 Å². The lowest BCUT2D eigenvalue weighted by Crippen LogP contribution is -2.26. The van der Waals surface area contributed by atoms with Crippen molar-refractivity contribution < 1.29 is 19.6 Å². The molecule has 1 fully saturated rings. The molecule has 34 heavy (non-hydrogen) atoms. The summed E-state index contributed by atoms with van der Waals surface area (Å²) in [6.07, 6.45) is 3.86. The predicted octanol–water partition coefficient (Wildman–Crippen LogP) is 3.55. The maximum atomic E-state index is 12.8. The number of nitrogens with one attached hydrogen (secondary N) is 3. The van der Waals surface area contributed by atoms with Crippen LogP contribution in [0.5, 0.6) is 0 Å². The van der Waals surface area contributed by atoms with E-state index in [1.807, 2.05) is 48.5 Å². The van der Waals surface area contributed by atoms with Crippen LogP contribution in [0.3, 0.4) is 0 Å². The van der Waals surface area contributed by atoms with Crippen LogP contribution >= 0.6 is 0 Å². The van der Waals surface area contributed by atoms with Gasteiger partial charge >= 0.3 is 0 Å². The molecule has 1 aliphatic carbocycles. The summed E-state index contributed by atoms with van der Waals surface area (Å²) in [4.78, 5) is 36.7. The number of amides is 3. The highest BCUT2D eigenvalue weighted by molar-refractivity contribution is 6.24. The molecule has 172 valence electrons. The van der Waals surface area contributed by atoms with Crippen LogP contribution in [0.25, 0.3) is 11.6 Å². The van der Waals surface area contributed by atoms with E-state index in [2.05, 4.69) is 10.6 Å². The summed E-state index contributed by atoms with van der Waals surface area (Å²) < 4.78 is 0. The highest BCUT2D eigenvalue weighted by Gasteiger charge is 2.25. The maximum absolute atomic E-state index is 12.8. The monoisotopic (exact) mass is 455 g/mol. The first-order valence-corrected chi connectivity index (χ1v) is 11.0. The van der Waals surface area contributed by atoms with Gasteiger partial charge in [-0.1, -0.05) is 54.6 Å². The molecule has 1 saturated carbocycles. The SMILES string of the molecule is O=C(NC1CC1)C(=Cc1ccc(C(=O)NCc2ccc(C(=O)NO)cc2)cc1)c1ccccc1. The van der Waals surface area contributed by atoms with Gasteiger partial charge in [-0.05, 0) is 59.9 Å². The Hall–Kier alpha value is -4.23. The molecule has 3 aromatic carbocycles. The molecule has 0 bridgehead atoms. The van der Waals surface area contributed by atoms with Gasteiger partial charge in [-0.25, -0.2) is 5.48 Å². The predicted molar refractivity (Wildman–Crippen MR) is 129 cm³/mol. The van der Waals surface area contributed by atoms with Gasteiger partial charge < -0.3 is 10.6 Å². The molecule has 0 spiro atoms. The van der Waals surface area contributed by atoms with Crippen LogP contribution in [0.4, 0.5) is 0 Å². The van der Waals surface area contributed by atoms with Crippen molar-refractivity contribution in [3.05, 3.63) is 107 Å². The molecule has 0 aromatic heterocycles. The van der Waals surface area contributed by atoms with Gasteiger partial charge in [-0.2, -0.15) is 0 Å². The van der Waals surface area contributed by atoms with Gasteiger partial charge in [0.2, 0.25) is 0 Å². The van der Waals surface area contributed by atoms with Crippen molar-refractivity contribution in [1.29, 1.82) is 0 Å². The number of hydrogen-bond donors (Lipinski definition) is 4. The van der Waals surface area contributed by atoms with Gasteiger partial charge in [0.15, 0.2) is 0 Å². The normalized spacial score (nSPS) is 13.1. The Bertz CT molecular complexity index is 1200. The number of benzene rings is 3. The number of rotatable bonds is 8. The number of carbonyl (C=O) groups is 3. The minimum Gasteiger partial charge on any atom is -0.349 e. The third-order valence-corrected chi connectivity index (χ3v) is 5.50. The lowest BCUT2D eigenvalue weighted by molar-refractivity contribution is -0.115. The Kier molecular flexibility index (Phi) is 7.15. The number of hydrogen-bond acceptors (Lipinski definition) is 4. The molecule has 7 heteroatoms. The summed E-state index contributed by atoms with van der Waals surface area (Å²) >= 11 is 0. The van der Waals surface area contributed by atoms with E-state index in [0.29, 0.717) is 23.2 Å². The molecule has 7 nitrogen and oxygen atoms in total.